The maximum Gasteiger partial charge on any atom is 0.171 e. The van der Waals surface area contributed by atoms with E-state index in [0.29, 0.717) is 29.9 Å². The third-order valence-electron chi connectivity index (χ3n) is 4.04. The fourth-order valence-electron chi connectivity index (χ4n) is 2.86. The van der Waals surface area contributed by atoms with Gasteiger partial charge in [0, 0.05) is 32.5 Å². The lowest BCUT2D eigenvalue weighted by atomic mass is 10.0. The van der Waals surface area contributed by atoms with E-state index in [1.165, 1.54) is 0 Å². The number of anilines is 1. The number of nitrogens with two attached hydrogens (primary N) is 1. The van der Waals surface area contributed by atoms with Crippen LogP contribution in [0.4, 0.5) is 10.1 Å². The lowest BCUT2D eigenvalue weighted by Gasteiger charge is -2.38. The van der Waals surface area contributed by atoms with Gasteiger partial charge in [0.15, 0.2) is 11.6 Å². The first-order valence-corrected chi connectivity index (χ1v) is 7.64. The van der Waals surface area contributed by atoms with Crippen LogP contribution in [0.2, 0.25) is 0 Å². The Morgan fingerprint density at radius 2 is 1.90 bits per heavy atom. The van der Waals surface area contributed by atoms with E-state index in [1.54, 1.807) is 6.07 Å². The van der Waals surface area contributed by atoms with Crippen LogP contribution >= 0.6 is 15.9 Å². The summed E-state index contributed by atoms with van der Waals surface area (Å²) in [5.41, 5.74) is 6.98. The van der Waals surface area contributed by atoms with Gasteiger partial charge in [0.2, 0.25) is 0 Å². The Morgan fingerprint density at radius 1 is 1.25 bits per heavy atom. The Kier molecular flexibility index (Phi) is 3.99. The van der Waals surface area contributed by atoms with Gasteiger partial charge < -0.3 is 20.1 Å². The Balaban J connectivity index is 1.76. The minimum atomic E-state index is -0.429. The summed E-state index contributed by atoms with van der Waals surface area (Å²) < 4.78 is 26.2. The minimum absolute atomic E-state index is 0.239. The molecule has 2 N–H and O–H groups in total. The summed E-state index contributed by atoms with van der Waals surface area (Å²) in [4.78, 5) is 2.04. The molecule has 2 fully saturated rings. The third-order valence-corrected chi connectivity index (χ3v) is 4.90. The molecule has 0 bridgehead atoms. The number of hydrogen-bond donors (Lipinski definition) is 1. The van der Waals surface area contributed by atoms with Crippen LogP contribution < -0.4 is 10.6 Å². The van der Waals surface area contributed by atoms with Gasteiger partial charge in [-0.3, -0.25) is 0 Å². The van der Waals surface area contributed by atoms with Crippen molar-refractivity contribution in [3.05, 3.63) is 28.0 Å². The second kappa shape index (κ2) is 5.60. The predicted molar refractivity (Wildman–Crippen MR) is 78.1 cm³/mol. The Morgan fingerprint density at radius 3 is 2.50 bits per heavy atom. The number of piperidine rings is 1. The van der Waals surface area contributed by atoms with Crippen molar-refractivity contribution in [1.82, 2.24) is 0 Å². The second-order valence-corrected chi connectivity index (χ2v) is 5.96. The van der Waals surface area contributed by atoms with Gasteiger partial charge in [-0.25, -0.2) is 4.39 Å². The molecule has 20 heavy (non-hydrogen) atoms. The lowest BCUT2D eigenvalue weighted by molar-refractivity contribution is -0.169. The quantitative estimate of drug-likeness (QED) is 0.894. The van der Waals surface area contributed by atoms with Crippen molar-refractivity contribution in [2.24, 2.45) is 5.73 Å². The monoisotopic (exact) mass is 344 g/mol. The summed E-state index contributed by atoms with van der Waals surface area (Å²) in [5.74, 6) is -0.668. The smallest absolute Gasteiger partial charge is 0.171 e. The fraction of sp³-hybridized carbons (Fsp3) is 0.571. The van der Waals surface area contributed by atoms with Crippen molar-refractivity contribution in [3.63, 3.8) is 0 Å². The van der Waals surface area contributed by atoms with Gasteiger partial charge in [-0.05, 0) is 27.6 Å². The molecule has 110 valence electrons. The number of nitrogens with zero attached hydrogens (tertiary/aromatic N) is 1. The van der Waals surface area contributed by atoms with Gasteiger partial charge in [0.25, 0.3) is 0 Å². The summed E-state index contributed by atoms with van der Waals surface area (Å²) in [6.45, 7) is 3.09. The molecule has 0 unspecified atom stereocenters. The molecule has 1 spiro atoms. The van der Waals surface area contributed by atoms with Crippen molar-refractivity contribution < 1.29 is 13.9 Å². The molecule has 0 saturated carbocycles. The molecular weight excluding hydrogens is 327 g/mol. The largest absolute Gasteiger partial charge is 0.369 e. The van der Waals surface area contributed by atoms with E-state index in [9.17, 15) is 4.39 Å². The van der Waals surface area contributed by atoms with Crippen LogP contribution in [0.1, 0.15) is 18.4 Å². The first-order valence-electron chi connectivity index (χ1n) is 6.85. The average Bonchev–Trinajstić information content (AvgIpc) is 2.92. The van der Waals surface area contributed by atoms with Crippen molar-refractivity contribution >= 4 is 21.6 Å². The predicted octanol–water partition coefficient (Wildman–Crippen LogP) is 2.39. The van der Waals surface area contributed by atoms with Crippen molar-refractivity contribution in [1.29, 1.82) is 0 Å². The zero-order valence-corrected chi connectivity index (χ0v) is 12.8. The highest BCUT2D eigenvalue weighted by atomic mass is 79.9. The van der Waals surface area contributed by atoms with Crippen molar-refractivity contribution in [3.8, 4) is 0 Å². The van der Waals surface area contributed by atoms with Crippen molar-refractivity contribution in [2.45, 2.75) is 25.2 Å². The molecule has 0 amide bonds. The number of halogens is 2. The van der Waals surface area contributed by atoms with E-state index in [0.717, 1.165) is 31.5 Å². The van der Waals surface area contributed by atoms with Gasteiger partial charge in [-0.2, -0.15) is 0 Å². The highest BCUT2D eigenvalue weighted by molar-refractivity contribution is 9.10. The van der Waals surface area contributed by atoms with E-state index < -0.39 is 5.79 Å². The molecule has 0 aliphatic carbocycles. The van der Waals surface area contributed by atoms with Crippen LogP contribution in [0.5, 0.6) is 0 Å². The number of ether oxygens (including phenoxy) is 2. The molecule has 2 saturated heterocycles. The summed E-state index contributed by atoms with van der Waals surface area (Å²) in [6, 6.07) is 3.67. The van der Waals surface area contributed by atoms with E-state index in [2.05, 4.69) is 15.9 Å². The van der Waals surface area contributed by atoms with Crippen LogP contribution in [0.15, 0.2) is 16.6 Å². The molecule has 3 rings (SSSR count). The molecule has 1 aromatic carbocycles. The normalized spacial score (nSPS) is 21.6. The lowest BCUT2D eigenvalue weighted by Crippen LogP contribution is -2.45. The molecule has 2 heterocycles. The van der Waals surface area contributed by atoms with E-state index in [-0.39, 0.29) is 5.82 Å². The van der Waals surface area contributed by atoms with Gasteiger partial charge in [-0.15, -0.1) is 0 Å². The zero-order chi connectivity index (χ0) is 14.2. The van der Waals surface area contributed by atoms with Gasteiger partial charge >= 0.3 is 0 Å². The Bertz CT molecular complexity index is 496. The molecule has 1 aromatic rings. The Hall–Kier alpha value is -0.690. The first-order chi connectivity index (χ1) is 9.65. The summed E-state index contributed by atoms with van der Waals surface area (Å²) in [6.07, 6.45) is 1.53. The van der Waals surface area contributed by atoms with Gasteiger partial charge in [0.05, 0.1) is 23.4 Å². The molecule has 4 nitrogen and oxygen atoms in total. The maximum absolute atomic E-state index is 14.4. The van der Waals surface area contributed by atoms with Crippen LogP contribution in [-0.4, -0.2) is 32.1 Å². The molecular formula is C14H18BrFN2O2. The Labute approximate surface area is 126 Å². The number of benzene rings is 1. The van der Waals surface area contributed by atoms with E-state index >= 15 is 0 Å². The minimum Gasteiger partial charge on any atom is -0.369 e. The maximum atomic E-state index is 14.4. The van der Waals surface area contributed by atoms with Crippen LogP contribution in [0, 0.1) is 5.82 Å². The highest BCUT2D eigenvalue weighted by Gasteiger charge is 2.40. The second-order valence-electron chi connectivity index (χ2n) is 5.17. The fourth-order valence-corrected chi connectivity index (χ4v) is 3.35. The average molecular weight is 345 g/mol. The molecule has 6 heteroatoms. The molecule has 2 aliphatic heterocycles. The van der Waals surface area contributed by atoms with Crippen LogP contribution in [0.25, 0.3) is 0 Å². The first kappa shape index (κ1) is 14.3. The summed E-state index contributed by atoms with van der Waals surface area (Å²) in [5, 5.41) is 0. The summed E-state index contributed by atoms with van der Waals surface area (Å²) >= 11 is 3.29. The molecule has 0 aromatic heterocycles. The molecule has 0 radical (unpaired) electrons. The molecule has 0 atom stereocenters. The SMILES string of the molecule is NCc1ccc(N2CCC3(CC2)OCCO3)c(F)c1Br. The van der Waals surface area contributed by atoms with E-state index in [1.807, 2.05) is 11.0 Å². The standard InChI is InChI=1S/C14H18BrFN2O2/c15-12-10(9-17)1-2-11(13(12)16)18-5-3-14(4-6-18)19-7-8-20-14/h1-2H,3-9,17H2. The number of hydrogen-bond acceptors (Lipinski definition) is 4. The van der Waals surface area contributed by atoms with Gasteiger partial charge in [0.1, 0.15) is 0 Å². The van der Waals surface area contributed by atoms with Crippen LogP contribution in [-0.2, 0) is 16.0 Å². The highest BCUT2D eigenvalue weighted by Crippen LogP contribution is 2.36. The number of rotatable bonds is 2. The van der Waals surface area contributed by atoms with Crippen molar-refractivity contribution in [2.75, 3.05) is 31.2 Å². The van der Waals surface area contributed by atoms with Gasteiger partial charge in [-0.1, -0.05) is 6.07 Å². The summed E-state index contributed by atoms with van der Waals surface area (Å²) in [7, 11) is 0. The van der Waals surface area contributed by atoms with Crippen LogP contribution in [0.3, 0.4) is 0 Å². The topological polar surface area (TPSA) is 47.7 Å². The zero-order valence-electron chi connectivity index (χ0n) is 11.2. The third kappa shape index (κ3) is 2.45. The van der Waals surface area contributed by atoms with E-state index in [4.69, 9.17) is 15.2 Å². The molecule has 2 aliphatic rings.